The Balaban J connectivity index is 0.000000944. The average molecular weight is 1030 g/mol. The minimum absolute atomic E-state index is 0. The number of rotatable bonds is 7. The fraction of sp³-hybridized carbons (Fsp3) is 0.303. The Labute approximate surface area is 443 Å². The number of halogens is 3. The maximum Gasteiger partial charge on any atom is 1.00 e. The molecule has 6 aromatic rings. The first-order valence-corrected chi connectivity index (χ1v) is 20.2. The number of hydrogen-bond acceptors (Lipinski definition) is 17. The van der Waals surface area contributed by atoms with E-state index < -0.39 is 17.5 Å². The van der Waals surface area contributed by atoms with Crippen molar-refractivity contribution in [3.8, 4) is 32.4 Å². The van der Waals surface area contributed by atoms with Crippen molar-refractivity contribution in [3.63, 3.8) is 0 Å². The minimum Gasteiger partial charge on any atom is -1.00 e. The van der Waals surface area contributed by atoms with Gasteiger partial charge in [0.1, 0.15) is 22.2 Å². The molecule has 0 fully saturated rings. The van der Waals surface area contributed by atoms with Crippen LogP contribution in [0.3, 0.4) is 0 Å². The predicted molar refractivity (Wildman–Crippen MR) is 216 cm³/mol. The SMILES string of the molecule is CI.Cc1nc(Cl)sc1-c1c(OC(=O)C(C)C)c2nccnc2[nH]c1=O.Cc1nc(Cl)sc1-c1c(OC(=O)C(C)C)c2nccnc2n(C)c1=O.O=CO[O-].[H-].[K+].[K+]. The van der Waals surface area contributed by atoms with Crippen LogP contribution in [0.5, 0.6) is 11.5 Å². The summed E-state index contributed by atoms with van der Waals surface area (Å²) in [6.45, 7) is 10.1. The van der Waals surface area contributed by atoms with Gasteiger partial charge in [-0.25, -0.2) is 29.9 Å². The third-order valence-corrected chi connectivity index (χ3v) is 9.50. The second-order valence-corrected chi connectivity index (χ2v) is 14.5. The van der Waals surface area contributed by atoms with Crippen LogP contribution in [0.25, 0.3) is 43.2 Å². The van der Waals surface area contributed by atoms with E-state index in [2.05, 4.69) is 62.4 Å². The molecule has 0 aliphatic carbocycles. The normalized spacial score (nSPS) is 10.1. The smallest absolute Gasteiger partial charge is 1.00 e. The molecule has 57 heavy (non-hydrogen) atoms. The Morgan fingerprint density at radius 2 is 1.25 bits per heavy atom. The summed E-state index contributed by atoms with van der Waals surface area (Å²) in [5, 5.41) is 8.43. The summed E-state index contributed by atoms with van der Waals surface area (Å²) in [4.78, 5) is 91.8. The molecule has 17 nitrogen and oxygen atoms in total. The molecule has 6 aromatic heterocycles. The van der Waals surface area contributed by atoms with Crippen molar-refractivity contribution in [2.24, 2.45) is 18.9 Å². The van der Waals surface area contributed by atoms with Gasteiger partial charge in [0.2, 0.25) is 0 Å². The van der Waals surface area contributed by atoms with E-state index in [1.807, 2.05) is 4.93 Å². The van der Waals surface area contributed by atoms with Gasteiger partial charge in [-0.2, -0.15) is 0 Å². The Hall–Kier alpha value is -1.21. The number of aromatic amines is 1. The molecule has 0 radical (unpaired) electrons. The van der Waals surface area contributed by atoms with E-state index in [1.54, 1.807) is 48.6 Å². The minimum atomic E-state index is -0.470. The maximum atomic E-state index is 13.0. The van der Waals surface area contributed by atoms with Crippen LogP contribution in [0, 0.1) is 25.7 Å². The van der Waals surface area contributed by atoms with Gasteiger partial charge in [-0.1, -0.05) is 73.5 Å². The van der Waals surface area contributed by atoms with E-state index in [0.717, 1.165) is 22.7 Å². The van der Waals surface area contributed by atoms with Crippen LogP contribution in [0.2, 0.25) is 8.93 Å². The molecule has 0 amide bonds. The first-order valence-electron chi connectivity index (χ1n) is 15.6. The second kappa shape index (κ2) is 25.5. The molecule has 0 aliphatic heterocycles. The Bertz CT molecular complexity index is 2470. The van der Waals surface area contributed by atoms with Crippen LogP contribution in [0.4, 0.5) is 0 Å². The number of ether oxygens (including phenoxy) is 2. The predicted octanol–water partition coefficient (Wildman–Crippen LogP) is -0.454. The van der Waals surface area contributed by atoms with Crippen LogP contribution in [-0.4, -0.2) is 62.8 Å². The zero-order chi connectivity index (χ0) is 41.1. The number of carbonyl (C=O) groups excluding carboxylic acids is 3. The van der Waals surface area contributed by atoms with E-state index >= 15 is 0 Å². The summed E-state index contributed by atoms with van der Waals surface area (Å²) in [7, 11) is 1.59. The number of fused-ring (bicyclic) bond motifs is 2. The van der Waals surface area contributed by atoms with Gasteiger partial charge in [0.05, 0.1) is 33.0 Å². The van der Waals surface area contributed by atoms with E-state index in [1.165, 1.54) is 29.4 Å². The largest absolute Gasteiger partial charge is 1.00 e. The summed E-state index contributed by atoms with van der Waals surface area (Å²) in [5.74, 6) is -1.50. The summed E-state index contributed by atoms with van der Waals surface area (Å²) >= 11 is 16.4. The Morgan fingerprint density at radius 3 is 1.68 bits per heavy atom. The van der Waals surface area contributed by atoms with E-state index in [9.17, 15) is 19.2 Å². The summed E-state index contributed by atoms with van der Waals surface area (Å²) in [5.41, 5.74) is 1.94. The first kappa shape index (κ1) is 53.8. The molecule has 0 bridgehead atoms. The van der Waals surface area contributed by atoms with E-state index in [0.29, 0.717) is 46.8 Å². The number of alkyl halides is 1. The van der Waals surface area contributed by atoms with Crippen molar-refractivity contribution in [2.45, 2.75) is 41.5 Å². The number of H-pyrrole nitrogens is 1. The number of pyridine rings is 2. The van der Waals surface area contributed by atoms with Crippen molar-refractivity contribution in [1.29, 1.82) is 0 Å². The molecular weight excluding hydrogens is 993 g/mol. The van der Waals surface area contributed by atoms with E-state index in [-0.39, 0.29) is 156 Å². The standard InChI is InChI=1S/C16H15ClN4O3S.C15H13ClN4O3S.CH3I.CH2O3.2K.H/c1-7(2)15(23)24-11-9(12-8(3)20-16(17)25-12)14(22)21(4)13-10(11)18-5-6-19-13;1-6(2)14(22)23-10-8(11-7(3)19-15(16)24-11)13(21)20-12-9(10)17-4-5-18-12;1-2;2-1-4-3;;;/h5-7H,1-4H3;4-6H,1-3H3,(H,18,20,21);1H3;1,3H;;;/q;;;;2*+1;-1/p-1. The van der Waals surface area contributed by atoms with Crippen LogP contribution in [0.1, 0.15) is 40.5 Å². The third-order valence-electron chi connectivity index (χ3n) is 6.94. The molecule has 0 aromatic carbocycles. The molecule has 1 N–H and O–H groups in total. The number of nitrogens with zero attached hydrogens (tertiary/aromatic N) is 7. The van der Waals surface area contributed by atoms with Gasteiger partial charge in [-0.05, 0) is 18.8 Å². The third kappa shape index (κ3) is 13.6. The Morgan fingerprint density at radius 1 is 0.825 bits per heavy atom. The van der Waals surface area contributed by atoms with Crippen LogP contribution < -0.4 is 129 Å². The molecule has 0 atom stereocenters. The zero-order valence-corrected chi connectivity index (χ0v) is 43.8. The topological polar surface area (TPSA) is 234 Å². The van der Waals surface area contributed by atoms with Gasteiger partial charge in [0, 0.05) is 31.8 Å². The van der Waals surface area contributed by atoms with Gasteiger partial charge >= 0.3 is 115 Å². The molecule has 0 spiro atoms. The average Bonchev–Trinajstić information content (AvgIpc) is 3.68. The molecule has 294 valence electrons. The number of thiazole rings is 2. The Kier molecular flexibility index (Phi) is 24.1. The van der Waals surface area contributed by atoms with Crippen LogP contribution in [-0.2, 0) is 26.3 Å². The number of nitrogens with one attached hydrogen (secondary N) is 1. The molecule has 0 saturated carbocycles. The molecule has 6 heterocycles. The number of aryl methyl sites for hydroxylation is 3. The monoisotopic (exact) mass is 1020 g/mol. The molecular formula is C33H33Cl2IK2N8O9S2. The van der Waals surface area contributed by atoms with Gasteiger partial charge in [0.25, 0.3) is 17.6 Å². The fourth-order valence-corrected chi connectivity index (χ4v) is 6.81. The van der Waals surface area contributed by atoms with Crippen molar-refractivity contribution in [3.05, 3.63) is 65.8 Å². The number of carbonyl (C=O) groups is 3. The summed E-state index contributed by atoms with van der Waals surface area (Å²) in [6.07, 6.45) is 5.87. The number of hydrogen-bond donors (Lipinski definition) is 1. The first-order chi connectivity index (χ1) is 26.1. The van der Waals surface area contributed by atoms with Crippen molar-refractivity contribution in [2.75, 3.05) is 4.93 Å². The van der Waals surface area contributed by atoms with Crippen LogP contribution >= 0.6 is 68.5 Å². The molecule has 0 saturated heterocycles. The van der Waals surface area contributed by atoms with E-state index in [4.69, 9.17) is 42.7 Å². The molecule has 6 rings (SSSR count). The molecule has 0 unspecified atom stereocenters. The summed E-state index contributed by atoms with van der Waals surface area (Å²) < 4.78 is 13.0. The molecule has 24 heteroatoms. The quantitative estimate of drug-likeness (QED) is 0.0406. The van der Waals surface area contributed by atoms with Crippen molar-refractivity contribution < 1.29 is 138 Å². The number of aromatic nitrogens is 8. The fourth-order valence-electron chi connectivity index (χ4n) is 4.44. The zero-order valence-electron chi connectivity index (χ0n) is 33.3. The molecule has 0 aliphatic rings. The van der Waals surface area contributed by atoms with Gasteiger partial charge in [0.15, 0.2) is 31.7 Å². The van der Waals surface area contributed by atoms with Gasteiger partial charge in [-0.3, -0.25) is 28.5 Å². The van der Waals surface area contributed by atoms with Gasteiger partial charge < -0.3 is 26.0 Å². The second-order valence-electron chi connectivity index (χ2n) is 11.3. The van der Waals surface area contributed by atoms with Crippen molar-refractivity contribution >= 4 is 109 Å². The summed E-state index contributed by atoms with van der Waals surface area (Å²) in [6, 6.07) is 0. The number of esters is 2. The van der Waals surface area contributed by atoms with Crippen LogP contribution in [0.15, 0.2) is 34.4 Å². The van der Waals surface area contributed by atoms with Crippen molar-refractivity contribution in [1.82, 2.24) is 39.5 Å². The maximum absolute atomic E-state index is 13.0. The van der Waals surface area contributed by atoms with Gasteiger partial charge in [-0.15, -0.1) is 22.7 Å².